The standard InChI is InChI=1S/C18H18N2O3/c21-17-10-19-16-9-5-4-8-15(16)11-20(17)12-18(22)23-13-14-6-2-1-3-7-14/h1-9,19H,10-13H2/p+1. The molecule has 0 atom stereocenters. The van der Waals surface area contributed by atoms with Gasteiger partial charge in [-0.1, -0.05) is 48.5 Å². The molecule has 0 saturated carbocycles. The van der Waals surface area contributed by atoms with Gasteiger partial charge in [0.15, 0.2) is 6.54 Å². The number of ether oxygens (including phenoxy) is 1. The van der Waals surface area contributed by atoms with E-state index < -0.39 is 0 Å². The SMILES string of the molecule is O=C1CNc2ccccc2CN1CC(=[OH+])OCc1ccccc1. The van der Waals surface area contributed by atoms with Crippen LogP contribution in [0.25, 0.3) is 0 Å². The molecule has 0 saturated heterocycles. The Morgan fingerprint density at radius 2 is 1.87 bits per heavy atom. The van der Waals surface area contributed by atoms with Crippen molar-refractivity contribution in [3.05, 3.63) is 65.7 Å². The van der Waals surface area contributed by atoms with Gasteiger partial charge in [0.05, 0.1) is 6.54 Å². The number of carbonyl (C=O) groups is 1. The molecule has 5 nitrogen and oxygen atoms in total. The number of anilines is 1. The second-order valence-corrected chi connectivity index (χ2v) is 5.43. The summed E-state index contributed by atoms with van der Waals surface area (Å²) in [6.07, 6.45) is 0. The molecule has 0 spiro atoms. The first-order valence-electron chi connectivity index (χ1n) is 7.53. The number of nitrogens with zero attached hydrogens (tertiary/aromatic N) is 1. The lowest BCUT2D eigenvalue weighted by atomic mass is 10.2. The van der Waals surface area contributed by atoms with E-state index in [4.69, 9.17) is 4.74 Å². The number of fused-ring (bicyclic) bond motifs is 1. The molecule has 2 aromatic carbocycles. The highest BCUT2D eigenvalue weighted by atomic mass is 16.5. The molecule has 0 fully saturated rings. The zero-order valence-corrected chi connectivity index (χ0v) is 12.7. The lowest BCUT2D eigenvalue weighted by Gasteiger charge is -2.16. The number of nitrogens with one attached hydrogen (secondary N) is 1. The topological polar surface area (TPSA) is 63.0 Å². The van der Waals surface area contributed by atoms with E-state index >= 15 is 0 Å². The number of carbonyl (C=O) groups excluding carboxylic acids is 2. The van der Waals surface area contributed by atoms with Crippen LogP contribution >= 0.6 is 0 Å². The van der Waals surface area contributed by atoms with Crippen LogP contribution in [0.2, 0.25) is 0 Å². The minimum atomic E-state index is -0.151. The molecule has 3 rings (SSSR count). The van der Waals surface area contributed by atoms with Crippen LogP contribution in [0, 0.1) is 0 Å². The summed E-state index contributed by atoms with van der Waals surface area (Å²) in [7, 11) is 0. The maximum Gasteiger partial charge on any atom is 0.503 e. The first kappa shape index (κ1) is 15.1. The Morgan fingerprint density at radius 3 is 2.70 bits per heavy atom. The van der Waals surface area contributed by atoms with Crippen LogP contribution in [-0.2, 0) is 22.7 Å². The molecule has 1 heterocycles. The smallest absolute Gasteiger partial charge is 0.376 e. The van der Waals surface area contributed by atoms with E-state index in [1.807, 2.05) is 54.6 Å². The van der Waals surface area contributed by atoms with Crippen molar-refractivity contribution in [3.8, 4) is 0 Å². The third-order valence-corrected chi connectivity index (χ3v) is 3.74. The van der Waals surface area contributed by atoms with Crippen LogP contribution in [0.4, 0.5) is 5.69 Å². The first-order chi connectivity index (χ1) is 11.2. The molecule has 0 aromatic heterocycles. The summed E-state index contributed by atoms with van der Waals surface area (Å²) in [4.78, 5) is 23.8. The second kappa shape index (κ2) is 6.96. The summed E-state index contributed by atoms with van der Waals surface area (Å²) in [5.41, 5.74) is 2.94. The molecule has 2 aromatic rings. The van der Waals surface area contributed by atoms with Crippen molar-refractivity contribution in [2.45, 2.75) is 13.2 Å². The van der Waals surface area contributed by atoms with Crippen LogP contribution in [0.15, 0.2) is 54.6 Å². The maximum absolute atomic E-state index is 12.2. The fourth-order valence-electron chi connectivity index (χ4n) is 2.50. The van der Waals surface area contributed by atoms with Crippen molar-refractivity contribution >= 4 is 17.6 Å². The average molecular weight is 311 g/mol. The van der Waals surface area contributed by atoms with Gasteiger partial charge in [-0.05, 0) is 11.6 Å². The molecule has 0 radical (unpaired) electrons. The van der Waals surface area contributed by atoms with Gasteiger partial charge in [0.1, 0.15) is 0 Å². The second-order valence-electron chi connectivity index (χ2n) is 5.43. The number of amides is 1. The van der Waals surface area contributed by atoms with Crippen LogP contribution in [-0.4, -0.2) is 34.7 Å². The molecule has 0 aliphatic carbocycles. The molecule has 118 valence electrons. The van der Waals surface area contributed by atoms with Crippen LogP contribution < -0.4 is 5.32 Å². The van der Waals surface area contributed by atoms with Gasteiger partial charge in [0, 0.05) is 17.8 Å². The van der Waals surface area contributed by atoms with E-state index in [0.717, 1.165) is 16.8 Å². The normalized spacial score (nSPS) is 13.7. The maximum atomic E-state index is 12.2. The number of para-hydroxylation sites is 1. The number of esters is 1. The molecule has 1 aliphatic rings. The van der Waals surface area contributed by atoms with Gasteiger partial charge >= 0.3 is 5.97 Å². The molecular formula is C18H19N2O3+. The largest absolute Gasteiger partial charge is 0.503 e. The molecule has 0 bridgehead atoms. The molecule has 5 heteroatoms. The Bertz CT molecular complexity index is 700. The van der Waals surface area contributed by atoms with Crippen LogP contribution in [0.1, 0.15) is 11.1 Å². The van der Waals surface area contributed by atoms with E-state index in [-0.39, 0.29) is 31.6 Å². The highest BCUT2D eigenvalue weighted by Crippen LogP contribution is 2.20. The summed E-state index contributed by atoms with van der Waals surface area (Å²) in [5, 5.41) is 3.11. The summed E-state index contributed by atoms with van der Waals surface area (Å²) >= 11 is 0. The van der Waals surface area contributed by atoms with Crippen LogP contribution in [0.5, 0.6) is 0 Å². The van der Waals surface area contributed by atoms with Gasteiger partial charge in [-0.25, -0.2) is 0 Å². The predicted octanol–water partition coefficient (Wildman–Crippen LogP) is 2.16. The van der Waals surface area contributed by atoms with Crippen molar-refractivity contribution in [1.82, 2.24) is 4.90 Å². The minimum Gasteiger partial charge on any atom is -0.376 e. The molecule has 1 aliphatic heterocycles. The van der Waals surface area contributed by atoms with Crippen molar-refractivity contribution < 1.29 is 14.3 Å². The summed E-state index contributed by atoms with van der Waals surface area (Å²) < 4.78 is 5.37. The highest BCUT2D eigenvalue weighted by Gasteiger charge is 2.25. The lowest BCUT2D eigenvalue weighted by molar-refractivity contribution is -0.129. The molecule has 0 unspecified atom stereocenters. The first-order valence-corrected chi connectivity index (χ1v) is 7.53. The molecular weight excluding hydrogens is 292 g/mol. The van der Waals surface area contributed by atoms with Crippen molar-refractivity contribution in [2.24, 2.45) is 0 Å². The zero-order valence-electron chi connectivity index (χ0n) is 12.7. The average Bonchev–Trinajstić information content (AvgIpc) is 2.74. The Morgan fingerprint density at radius 1 is 1.13 bits per heavy atom. The monoisotopic (exact) mass is 311 g/mol. The molecule has 1 amide bonds. The Balaban J connectivity index is 1.60. The lowest BCUT2D eigenvalue weighted by Crippen LogP contribution is -2.37. The Kier molecular flexibility index (Phi) is 4.57. The van der Waals surface area contributed by atoms with E-state index in [9.17, 15) is 9.59 Å². The highest BCUT2D eigenvalue weighted by molar-refractivity contribution is 5.86. The van der Waals surface area contributed by atoms with E-state index in [0.29, 0.717) is 6.54 Å². The van der Waals surface area contributed by atoms with E-state index in [2.05, 4.69) is 5.32 Å². The number of hydrogen-bond acceptors (Lipinski definition) is 3. The summed E-state index contributed by atoms with van der Waals surface area (Å²) in [5.74, 6) is -0.224. The fraction of sp³-hybridized carbons (Fsp3) is 0.222. The summed E-state index contributed by atoms with van der Waals surface area (Å²) in [6, 6.07) is 17.4. The van der Waals surface area contributed by atoms with Crippen molar-refractivity contribution in [3.63, 3.8) is 0 Å². The fourth-order valence-corrected chi connectivity index (χ4v) is 2.50. The van der Waals surface area contributed by atoms with E-state index in [1.54, 1.807) is 4.90 Å². The number of rotatable bonds is 4. The Labute approximate surface area is 134 Å². The molecule has 23 heavy (non-hydrogen) atoms. The molecule has 2 N–H and O–H groups in total. The van der Waals surface area contributed by atoms with Gasteiger partial charge in [-0.15, -0.1) is 0 Å². The van der Waals surface area contributed by atoms with Gasteiger partial charge in [-0.2, -0.15) is 0 Å². The van der Waals surface area contributed by atoms with Gasteiger partial charge in [0.25, 0.3) is 0 Å². The van der Waals surface area contributed by atoms with Gasteiger partial charge in [-0.3, -0.25) is 4.79 Å². The Hall–Kier alpha value is -2.82. The number of hydrogen-bond donors (Lipinski definition) is 1. The van der Waals surface area contributed by atoms with Crippen molar-refractivity contribution in [2.75, 3.05) is 18.4 Å². The van der Waals surface area contributed by atoms with Crippen LogP contribution in [0.3, 0.4) is 0 Å². The van der Waals surface area contributed by atoms with E-state index in [1.165, 1.54) is 0 Å². The number of benzene rings is 2. The third kappa shape index (κ3) is 3.88. The van der Waals surface area contributed by atoms with Crippen molar-refractivity contribution in [1.29, 1.82) is 0 Å². The zero-order chi connectivity index (χ0) is 16.1. The summed E-state index contributed by atoms with van der Waals surface area (Å²) in [6.45, 7) is 1.01. The predicted molar refractivity (Wildman–Crippen MR) is 88.5 cm³/mol. The van der Waals surface area contributed by atoms with Gasteiger partial charge in [0.2, 0.25) is 12.5 Å². The minimum absolute atomic E-state index is 0.0711. The third-order valence-electron chi connectivity index (χ3n) is 3.74. The quantitative estimate of drug-likeness (QED) is 0.695. The van der Waals surface area contributed by atoms with Gasteiger partial charge < -0.3 is 19.7 Å².